The largest absolute Gasteiger partial charge is 0.484 e. The summed E-state index contributed by atoms with van der Waals surface area (Å²) in [6.07, 6.45) is 3.28. The molecular weight excluding hydrogens is 264 g/mol. The third-order valence-corrected chi connectivity index (χ3v) is 4.96. The summed E-state index contributed by atoms with van der Waals surface area (Å²) in [5, 5.41) is 0. The maximum absolute atomic E-state index is 12.2. The molecule has 4 nitrogen and oxygen atoms in total. The first-order valence-corrected chi connectivity index (χ1v) is 7.92. The van der Waals surface area contributed by atoms with Crippen LogP contribution < -0.4 is 10.5 Å². The van der Waals surface area contributed by atoms with E-state index in [0.717, 1.165) is 38.1 Å². The summed E-state index contributed by atoms with van der Waals surface area (Å²) in [5.41, 5.74) is 7.38. The third kappa shape index (κ3) is 3.05. The Morgan fingerprint density at radius 2 is 2.05 bits per heavy atom. The molecule has 3 atom stereocenters. The predicted molar refractivity (Wildman–Crippen MR) is 82.1 cm³/mol. The number of likely N-dealkylation sites (tertiary alicyclic amines) is 1. The average Bonchev–Trinajstić information content (AvgIpc) is 3.08. The molecular formula is C17H24N2O2. The van der Waals surface area contributed by atoms with Crippen LogP contribution in [-0.4, -0.2) is 36.5 Å². The summed E-state index contributed by atoms with van der Waals surface area (Å²) in [6.45, 7) is 3.91. The van der Waals surface area contributed by atoms with E-state index in [1.54, 1.807) is 0 Å². The molecule has 3 rings (SSSR count). The van der Waals surface area contributed by atoms with Crippen LogP contribution in [0.2, 0.25) is 0 Å². The fourth-order valence-corrected chi connectivity index (χ4v) is 3.57. The monoisotopic (exact) mass is 288 g/mol. The van der Waals surface area contributed by atoms with E-state index in [1.807, 2.05) is 29.2 Å². The van der Waals surface area contributed by atoms with Crippen molar-refractivity contribution in [2.45, 2.75) is 32.2 Å². The van der Waals surface area contributed by atoms with Gasteiger partial charge in [0.15, 0.2) is 6.61 Å². The normalized spacial score (nSPS) is 27.7. The van der Waals surface area contributed by atoms with Crippen molar-refractivity contribution in [3.63, 3.8) is 0 Å². The number of hydrogen-bond acceptors (Lipinski definition) is 3. The molecule has 0 spiro atoms. The first kappa shape index (κ1) is 14.4. The summed E-state index contributed by atoms with van der Waals surface area (Å²) in [7, 11) is 0. The molecule has 3 unspecified atom stereocenters. The summed E-state index contributed by atoms with van der Waals surface area (Å²) >= 11 is 0. The van der Waals surface area contributed by atoms with E-state index in [9.17, 15) is 4.79 Å². The van der Waals surface area contributed by atoms with Crippen LogP contribution in [0, 0.1) is 11.8 Å². The van der Waals surface area contributed by atoms with Crippen LogP contribution in [0.5, 0.6) is 5.75 Å². The Labute approximate surface area is 126 Å². The van der Waals surface area contributed by atoms with Gasteiger partial charge in [-0.05, 0) is 48.8 Å². The van der Waals surface area contributed by atoms with Crippen molar-refractivity contribution in [3.8, 4) is 5.75 Å². The molecule has 1 aromatic rings. The molecule has 1 aliphatic carbocycles. The number of ether oxygens (including phenoxy) is 1. The third-order valence-electron chi connectivity index (χ3n) is 4.96. The molecule has 1 heterocycles. The van der Waals surface area contributed by atoms with E-state index in [-0.39, 0.29) is 18.6 Å². The van der Waals surface area contributed by atoms with Crippen LogP contribution in [-0.2, 0) is 11.2 Å². The Hall–Kier alpha value is -1.55. The smallest absolute Gasteiger partial charge is 0.260 e. The Morgan fingerprint density at radius 3 is 2.71 bits per heavy atom. The van der Waals surface area contributed by atoms with Crippen LogP contribution in [0.3, 0.4) is 0 Å². The van der Waals surface area contributed by atoms with Gasteiger partial charge >= 0.3 is 0 Å². The van der Waals surface area contributed by atoms with Crippen molar-refractivity contribution in [3.05, 3.63) is 29.8 Å². The van der Waals surface area contributed by atoms with Crippen molar-refractivity contribution >= 4 is 5.91 Å². The van der Waals surface area contributed by atoms with E-state index >= 15 is 0 Å². The van der Waals surface area contributed by atoms with E-state index < -0.39 is 0 Å². The number of nitrogens with two attached hydrogens (primary N) is 1. The lowest BCUT2D eigenvalue weighted by atomic mass is 9.98. The summed E-state index contributed by atoms with van der Waals surface area (Å²) in [5.74, 6) is 1.94. The highest BCUT2D eigenvalue weighted by atomic mass is 16.5. The van der Waals surface area contributed by atoms with Crippen molar-refractivity contribution < 1.29 is 9.53 Å². The second-order valence-electron chi connectivity index (χ2n) is 6.25. The Bertz CT molecular complexity index is 500. The second-order valence-corrected chi connectivity index (χ2v) is 6.25. The van der Waals surface area contributed by atoms with Gasteiger partial charge in [0.1, 0.15) is 5.75 Å². The quantitative estimate of drug-likeness (QED) is 0.919. The van der Waals surface area contributed by atoms with E-state index in [1.165, 1.54) is 5.56 Å². The number of benzene rings is 1. The summed E-state index contributed by atoms with van der Waals surface area (Å²) in [6, 6.07) is 8.22. The molecule has 114 valence electrons. The van der Waals surface area contributed by atoms with Crippen LogP contribution in [0.4, 0.5) is 0 Å². The van der Waals surface area contributed by atoms with Crippen molar-refractivity contribution in [1.82, 2.24) is 4.90 Å². The molecule has 21 heavy (non-hydrogen) atoms. The number of carbonyl (C=O) groups excluding carboxylic acids is 1. The molecule has 1 saturated heterocycles. The van der Waals surface area contributed by atoms with Crippen molar-refractivity contribution in [1.29, 1.82) is 0 Å². The van der Waals surface area contributed by atoms with E-state index in [0.29, 0.717) is 11.8 Å². The van der Waals surface area contributed by atoms with Gasteiger partial charge in [-0.15, -0.1) is 0 Å². The number of rotatable bonds is 4. The van der Waals surface area contributed by atoms with Crippen molar-refractivity contribution in [2.75, 3.05) is 19.7 Å². The number of fused-ring (bicyclic) bond motifs is 1. The zero-order valence-corrected chi connectivity index (χ0v) is 12.6. The molecule has 1 aliphatic heterocycles. The molecule has 1 amide bonds. The van der Waals surface area contributed by atoms with Gasteiger partial charge in [-0.2, -0.15) is 0 Å². The van der Waals surface area contributed by atoms with Gasteiger partial charge in [0.05, 0.1) is 0 Å². The topological polar surface area (TPSA) is 55.6 Å². The van der Waals surface area contributed by atoms with Gasteiger partial charge in [0.25, 0.3) is 5.91 Å². The number of hydrogen-bond donors (Lipinski definition) is 1. The second kappa shape index (κ2) is 6.06. The highest BCUT2D eigenvalue weighted by Crippen LogP contribution is 2.37. The van der Waals surface area contributed by atoms with Crippen LogP contribution in [0.1, 0.15) is 25.3 Å². The zero-order valence-electron chi connectivity index (χ0n) is 12.6. The Morgan fingerprint density at radius 1 is 1.29 bits per heavy atom. The minimum atomic E-state index is 0.0798. The van der Waals surface area contributed by atoms with Gasteiger partial charge in [-0.3, -0.25) is 4.79 Å². The van der Waals surface area contributed by atoms with E-state index in [4.69, 9.17) is 10.5 Å². The Kier molecular flexibility index (Phi) is 4.15. The molecule has 2 fully saturated rings. The lowest BCUT2D eigenvalue weighted by Crippen LogP contribution is -2.36. The number of carbonyl (C=O) groups is 1. The average molecular weight is 288 g/mol. The minimum absolute atomic E-state index is 0.0798. The molecule has 0 aromatic heterocycles. The minimum Gasteiger partial charge on any atom is -0.484 e. The highest BCUT2D eigenvalue weighted by Gasteiger charge is 2.42. The number of amides is 1. The SMILES string of the molecule is CCc1ccc(OCC(=O)N2CC3CCC(N)C3C2)cc1. The predicted octanol–water partition coefficient (Wildman–Crippen LogP) is 1.82. The fourth-order valence-electron chi connectivity index (χ4n) is 3.57. The molecule has 2 aliphatic rings. The summed E-state index contributed by atoms with van der Waals surface area (Å²) in [4.78, 5) is 14.2. The van der Waals surface area contributed by atoms with Gasteiger partial charge < -0.3 is 15.4 Å². The fraction of sp³-hybridized carbons (Fsp3) is 0.588. The molecule has 0 bridgehead atoms. The van der Waals surface area contributed by atoms with Gasteiger partial charge in [-0.1, -0.05) is 19.1 Å². The van der Waals surface area contributed by atoms with Crippen LogP contribution >= 0.6 is 0 Å². The van der Waals surface area contributed by atoms with Crippen LogP contribution in [0.25, 0.3) is 0 Å². The van der Waals surface area contributed by atoms with Crippen molar-refractivity contribution in [2.24, 2.45) is 17.6 Å². The maximum atomic E-state index is 12.2. The first-order valence-electron chi connectivity index (χ1n) is 7.92. The molecule has 4 heteroatoms. The standard InChI is InChI=1S/C17H24N2O2/c1-2-12-3-6-14(7-4-12)21-11-17(20)19-9-13-5-8-16(18)15(13)10-19/h3-4,6-7,13,15-16H,2,5,8-11,18H2,1H3. The zero-order chi connectivity index (χ0) is 14.8. The molecule has 1 aromatic carbocycles. The number of nitrogens with zero attached hydrogens (tertiary/aromatic N) is 1. The summed E-state index contributed by atoms with van der Waals surface area (Å²) < 4.78 is 5.61. The van der Waals surface area contributed by atoms with Gasteiger partial charge in [-0.25, -0.2) is 0 Å². The first-order chi connectivity index (χ1) is 10.2. The lowest BCUT2D eigenvalue weighted by Gasteiger charge is -2.19. The highest BCUT2D eigenvalue weighted by molar-refractivity contribution is 5.78. The van der Waals surface area contributed by atoms with Crippen LogP contribution in [0.15, 0.2) is 24.3 Å². The van der Waals surface area contributed by atoms with E-state index in [2.05, 4.69) is 6.92 Å². The maximum Gasteiger partial charge on any atom is 0.260 e. The van der Waals surface area contributed by atoms with Gasteiger partial charge in [0, 0.05) is 19.1 Å². The molecule has 0 radical (unpaired) electrons. The van der Waals surface area contributed by atoms with Gasteiger partial charge in [0.2, 0.25) is 0 Å². The number of aryl methyl sites for hydroxylation is 1. The lowest BCUT2D eigenvalue weighted by molar-refractivity contribution is -0.132. The Balaban J connectivity index is 1.50. The molecule has 2 N–H and O–H groups in total. The molecule has 1 saturated carbocycles.